The molecule has 0 fully saturated rings. The molecule has 0 saturated carbocycles. The molecule has 0 heterocycles. The summed E-state index contributed by atoms with van der Waals surface area (Å²) in [5.74, 6) is -0.318. The maximum absolute atomic E-state index is 10.3. The second kappa shape index (κ2) is 5.30. The van der Waals surface area contributed by atoms with Crippen LogP contribution in [0.15, 0.2) is 0 Å². The van der Waals surface area contributed by atoms with Crippen molar-refractivity contribution in [1.29, 1.82) is 0 Å². The van der Waals surface area contributed by atoms with Crippen LogP contribution in [0, 0.1) is 0 Å². The molecule has 0 atom stereocenters. The third-order valence-corrected chi connectivity index (χ3v) is 0.789. The number of hydrogen-bond acceptors (Lipinski definition) is 3. The molecule has 0 amide bonds. The number of hydrogen-bond donors (Lipinski definition) is 0. The SMILES string of the molecule is COCC(=O)OCI. The fraction of sp³-hybridized carbons (Fsp3) is 0.750. The zero-order chi connectivity index (χ0) is 6.41. The van der Waals surface area contributed by atoms with Crippen LogP contribution in [0.3, 0.4) is 0 Å². The summed E-state index contributed by atoms with van der Waals surface area (Å²) < 4.78 is 9.37. The fourth-order valence-electron chi connectivity index (χ4n) is 0.220. The number of halogens is 1. The van der Waals surface area contributed by atoms with E-state index in [0.29, 0.717) is 4.61 Å². The molecule has 0 bridgehead atoms. The van der Waals surface area contributed by atoms with Crippen LogP contribution in [-0.2, 0) is 14.3 Å². The highest BCUT2D eigenvalue weighted by Crippen LogP contribution is 1.84. The van der Waals surface area contributed by atoms with E-state index in [2.05, 4.69) is 9.47 Å². The van der Waals surface area contributed by atoms with Crippen molar-refractivity contribution in [3.63, 3.8) is 0 Å². The van der Waals surface area contributed by atoms with Crippen LogP contribution in [0.4, 0.5) is 0 Å². The Morgan fingerprint density at radius 2 is 2.38 bits per heavy atom. The monoisotopic (exact) mass is 230 g/mol. The molecule has 0 aliphatic carbocycles. The van der Waals surface area contributed by atoms with Gasteiger partial charge in [-0.2, -0.15) is 0 Å². The second-order valence-electron chi connectivity index (χ2n) is 1.06. The lowest BCUT2D eigenvalue weighted by Crippen LogP contribution is -2.09. The lowest BCUT2D eigenvalue weighted by molar-refractivity contribution is -0.145. The van der Waals surface area contributed by atoms with Gasteiger partial charge in [-0.05, 0) is 22.6 Å². The molecule has 0 spiro atoms. The highest BCUT2D eigenvalue weighted by atomic mass is 127. The lowest BCUT2D eigenvalue weighted by atomic mass is 10.7. The minimum absolute atomic E-state index is 0.0446. The van der Waals surface area contributed by atoms with E-state index >= 15 is 0 Å². The van der Waals surface area contributed by atoms with Gasteiger partial charge in [-0.15, -0.1) is 0 Å². The van der Waals surface area contributed by atoms with E-state index < -0.39 is 0 Å². The predicted octanol–water partition coefficient (Wildman–Crippen LogP) is 0.569. The summed E-state index contributed by atoms with van der Waals surface area (Å²) in [5.41, 5.74) is 0. The average Bonchev–Trinajstić information content (AvgIpc) is 1.68. The van der Waals surface area contributed by atoms with Crippen molar-refractivity contribution in [2.24, 2.45) is 0 Å². The molecule has 0 aromatic rings. The molecule has 0 radical (unpaired) electrons. The summed E-state index contributed by atoms with van der Waals surface area (Å²) in [7, 11) is 1.45. The van der Waals surface area contributed by atoms with Crippen molar-refractivity contribution in [1.82, 2.24) is 0 Å². The molecule has 8 heavy (non-hydrogen) atoms. The number of alkyl halides is 1. The molecule has 0 rings (SSSR count). The van der Waals surface area contributed by atoms with Crippen LogP contribution in [0.25, 0.3) is 0 Å². The van der Waals surface area contributed by atoms with E-state index in [1.165, 1.54) is 7.11 Å². The van der Waals surface area contributed by atoms with Gasteiger partial charge in [0.25, 0.3) is 0 Å². The third kappa shape index (κ3) is 4.32. The van der Waals surface area contributed by atoms with Gasteiger partial charge >= 0.3 is 5.97 Å². The van der Waals surface area contributed by atoms with Crippen molar-refractivity contribution >= 4 is 28.6 Å². The molecule has 0 aliphatic heterocycles. The molecule has 0 aromatic carbocycles. The fourth-order valence-corrected chi connectivity index (χ4v) is 0.568. The molecule has 0 saturated heterocycles. The van der Waals surface area contributed by atoms with Gasteiger partial charge in [0.15, 0.2) is 0 Å². The highest BCUT2D eigenvalue weighted by Gasteiger charge is 1.96. The maximum atomic E-state index is 10.3. The number of carbonyl (C=O) groups is 1. The Morgan fingerprint density at radius 3 is 2.75 bits per heavy atom. The first-order valence-corrected chi connectivity index (χ1v) is 3.54. The number of ether oxygens (including phenoxy) is 2. The summed E-state index contributed by atoms with van der Waals surface area (Å²) in [6.45, 7) is 0.0446. The van der Waals surface area contributed by atoms with Crippen LogP contribution < -0.4 is 0 Å². The van der Waals surface area contributed by atoms with Gasteiger partial charge in [0.05, 0.1) is 0 Å². The number of carbonyl (C=O) groups excluding carboxylic acids is 1. The standard InChI is InChI=1S/C4H7IO3/c1-7-2-4(6)8-3-5/h2-3H2,1H3. The molecular weight excluding hydrogens is 223 g/mol. The average molecular weight is 230 g/mol. The first-order valence-electron chi connectivity index (χ1n) is 2.01. The molecular formula is C4H7IO3. The van der Waals surface area contributed by atoms with Crippen LogP contribution in [-0.4, -0.2) is 24.3 Å². The summed E-state index contributed by atoms with van der Waals surface area (Å²) >= 11 is 1.94. The summed E-state index contributed by atoms with van der Waals surface area (Å²) in [4.78, 5) is 10.3. The van der Waals surface area contributed by atoms with E-state index in [0.717, 1.165) is 0 Å². The van der Waals surface area contributed by atoms with E-state index in [9.17, 15) is 4.79 Å². The Morgan fingerprint density at radius 1 is 1.75 bits per heavy atom. The third-order valence-electron chi connectivity index (χ3n) is 0.478. The van der Waals surface area contributed by atoms with Crippen molar-refractivity contribution < 1.29 is 14.3 Å². The van der Waals surface area contributed by atoms with Crippen LogP contribution in [0.5, 0.6) is 0 Å². The van der Waals surface area contributed by atoms with E-state index in [4.69, 9.17) is 0 Å². The van der Waals surface area contributed by atoms with Crippen LogP contribution >= 0.6 is 22.6 Å². The van der Waals surface area contributed by atoms with Gasteiger partial charge in [0.1, 0.15) is 11.2 Å². The van der Waals surface area contributed by atoms with E-state index in [1.54, 1.807) is 0 Å². The molecule has 4 heteroatoms. The minimum Gasteiger partial charge on any atom is -0.453 e. The zero-order valence-electron chi connectivity index (χ0n) is 4.52. The van der Waals surface area contributed by atoms with Gasteiger partial charge in [0.2, 0.25) is 0 Å². The zero-order valence-corrected chi connectivity index (χ0v) is 6.67. The summed E-state index contributed by atoms with van der Waals surface area (Å²) in [6, 6.07) is 0. The van der Waals surface area contributed by atoms with E-state index in [-0.39, 0.29) is 12.6 Å². The van der Waals surface area contributed by atoms with E-state index in [1.807, 2.05) is 22.6 Å². The Kier molecular flexibility index (Phi) is 5.41. The molecule has 48 valence electrons. The van der Waals surface area contributed by atoms with Crippen molar-refractivity contribution in [2.75, 3.05) is 18.3 Å². The molecule has 0 N–H and O–H groups in total. The molecule has 3 nitrogen and oxygen atoms in total. The topological polar surface area (TPSA) is 35.5 Å². The quantitative estimate of drug-likeness (QED) is 0.404. The van der Waals surface area contributed by atoms with Crippen molar-refractivity contribution in [3.05, 3.63) is 0 Å². The summed E-state index contributed by atoms with van der Waals surface area (Å²) in [5, 5.41) is 0. The van der Waals surface area contributed by atoms with Gasteiger partial charge < -0.3 is 9.47 Å². The predicted molar refractivity (Wildman–Crippen MR) is 36.9 cm³/mol. The first-order chi connectivity index (χ1) is 3.81. The van der Waals surface area contributed by atoms with Gasteiger partial charge in [-0.1, -0.05) is 0 Å². The Balaban J connectivity index is 3.06. The normalized spacial score (nSPS) is 8.75. The second-order valence-corrected chi connectivity index (χ2v) is 1.68. The molecule has 0 unspecified atom stereocenters. The number of esters is 1. The smallest absolute Gasteiger partial charge is 0.332 e. The van der Waals surface area contributed by atoms with Crippen LogP contribution in [0.2, 0.25) is 0 Å². The number of rotatable bonds is 3. The van der Waals surface area contributed by atoms with Crippen LogP contribution in [0.1, 0.15) is 0 Å². The Bertz CT molecular complexity index is 65.7. The van der Waals surface area contributed by atoms with Crippen molar-refractivity contribution in [3.8, 4) is 0 Å². The van der Waals surface area contributed by atoms with Crippen molar-refractivity contribution in [2.45, 2.75) is 0 Å². The van der Waals surface area contributed by atoms with Gasteiger partial charge in [-0.3, -0.25) is 0 Å². The minimum atomic E-state index is -0.318. The molecule has 0 aromatic heterocycles. The molecule has 0 aliphatic rings. The van der Waals surface area contributed by atoms with Gasteiger partial charge in [-0.25, -0.2) is 4.79 Å². The number of methoxy groups -OCH3 is 1. The summed E-state index contributed by atoms with van der Waals surface area (Å²) in [6.07, 6.45) is 0. The Labute approximate surface area is 61.5 Å². The largest absolute Gasteiger partial charge is 0.453 e. The first kappa shape index (κ1) is 8.16. The maximum Gasteiger partial charge on any atom is 0.332 e. The van der Waals surface area contributed by atoms with Gasteiger partial charge in [0, 0.05) is 7.11 Å². The lowest BCUT2D eigenvalue weighted by Gasteiger charge is -1.96. The Hall–Kier alpha value is 0.160. The highest BCUT2D eigenvalue weighted by molar-refractivity contribution is 14.1.